The van der Waals surface area contributed by atoms with Crippen LogP contribution in [0.5, 0.6) is 11.5 Å². The molecule has 0 bridgehead atoms. The second-order valence-electron chi connectivity index (χ2n) is 10.3. The highest BCUT2D eigenvalue weighted by Gasteiger charge is 2.23. The Morgan fingerprint density at radius 3 is 1.77 bits per heavy atom. The number of hydrogen-bond acceptors (Lipinski definition) is 6. The molecule has 0 radical (unpaired) electrons. The molecule has 0 aliphatic heterocycles. The number of carbonyl (C=O) groups is 2. The number of benzene rings is 3. The highest BCUT2D eigenvalue weighted by Crippen LogP contribution is 2.45. The number of rotatable bonds is 16. The van der Waals surface area contributed by atoms with Crippen molar-refractivity contribution in [3.8, 4) is 11.5 Å². The number of ether oxygens (including phenoxy) is 4. The van der Waals surface area contributed by atoms with Gasteiger partial charge in [-0.15, -0.1) is 0 Å². The van der Waals surface area contributed by atoms with Crippen LogP contribution >= 0.6 is 0 Å². The monoisotopic (exact) mass is 550 g/mol. The predicted octanol–water partition coefficient (Wildman–Crippen LogP) is 10.1. The third-order valence-electron chi connectivity index (χ3n) is 7.29. The van der Waals surface area contributed by atoms with Crippen LogP contribution in [0, 0.1) is 0 Å². The summed E-state index contributed by atoms with van der Waals surface area (Å²) in [5.41, 5.74) is 2.06. The van der Waals surface area contributed by atoms with Crippen molar-refractivity contribution in [2.24, 2.45) is 0 Å². The fourth-order valence-electron chi connectivity index (χ4n) is 4.99. The molecule has 6 nitrogen and oxygen atoms in total. The van der Waals surface area contributed by atoms with Crippen LogP contribution in [0.15, 0.2) is 36.4 Å². The quantitative estimate of drug-likeness (QED) is 0.0765. The molecule has 0 spiro atoms. The zero-order valence-corrected chi connectivity index (χ0v) is 24.8. The van der Waals surface area contributed by atoms with Crippen molar-refractivity contribution in [3.05, 3.63) is 47.5 Å². The van der Waals surface area contributed by atoms with Crippen molar-refractivity contribution < 1.29 is 28.5 Å². The summed E-state index contributed by atoms with van der Waals surface area (Å²) in [6, 6.07) is 11.8. The second kappa shape index (κ2) is 16.7. The molecule has 3 rings (SSSR count). The first-order valence-corrected chi connectivity index (χ1v) is 15.2. The van der Waals surface area contributed by atoms with Gasteiger partial charge in [0.1, 0.15) is 5.75 Å². The summed E-state index contributed by atoms with van der Waals surface area (Å²) in [4.78, 5) is 25.7. The molecule has 0 amide bonds. The summed E-state index contributed by atoms with van der Waals surface area (Å²) >= 11 is 0. The first-order valence-electron chi connectivity index (χ1n) is 15.2. The first kappa shape index (κ1) is 31.3. The number of hydrogen-bond donors (Lipinski definition) is 0. The molecule has 40 heavy (non-hydrogen) atoms. The van der Waals surface area contributed by atoms with E-state index in [0.29, 0.717) is 47.3 Å². The molecule has 0 saturated carbocycles. The fraction of sp³-hybridized carbons (Fsp3) is 0.529. The highest BCUT2D eigenvalue weighted by atomic mass is 16.7. The van der Waals surface area contributed by atoms with Gasteiger partial charge in [-0.3, -0.25) is 0 Å². The molecule has 0 aliphatic rings. The normalized spacial score (nSPS) is 11.1. The van der Waals surface area contributed by atoms with Crippen LogP contribution < -0.4 is 9.47 Å². The lowest BCUT2D eigenvalue weighted by Crippen LogP contribution is -2.14. The Hall–Kier alpha value is -3.28. The van der Waals surface area contributed by atoms with E-state index in [2.05, 4.69) is 20.8 Å². The van der Waals surface area contributed by atoms with Gasteiger partial charge in [-0.2, -0.15) is 0 Å². The Morgan fingerprint density at radius 1 is 0.600 bits per heavy atom. The van der Waals surface area contributed by atoms with Crippen LogP contribution in [0.2, 0.25) is 0 Å². The maximum atomic E-state index is 12.8. The van der Waals surface area contributed by atoms with Crippen molar-refractivity contribution in [1.82, 2.24) is 0 Å². The van der Waals surface area contributed by atoms with Crippen LogP contribution in [0.1, 0.15) is 103 Å². The Labute approximate surface area is 239 Å². The minimum Gasteiger partial charge on any atom is -0.434 e. The van der Waals surface area contributed by atoms with Gasteiger partial charge in [0.05, 0.1) is 13.2 Å². The zero-order valence-electron chi connectivity index (χ0n) is 24.8. The van der Waals surface area contributed by atoms with Crippen LogP contribution in [-0.4, -0.2) is 25.5 Å². The lowest BCUT2D eigenvalue weighted by molar-refractivity contribution is 0.0965. The van der Waals surface area contributed by atoms with Crippen molar-refractivity contribution in [2.75, 3.05) is 13.2 Å². The Morgan fingerprint density at radius 2 is 1.20 bits per heavy atom. The summed E-state index contributed by atoms with van der Waals surface area (Å²) in [6.45, 7) is 9.11. The maximum absolute atomic E-state index is 12.8. The summed E-state index contributed by atoms with van der Waals surface area (Å²) in [6.07, 6.45) is 10.7. The number of unbranched alkanes of at least 4 members (excludes halogenated alkanes) is 8. The smallest absolute Gasteiger partial charge is 0.434 e. The molecule has 0 saturated heterocycles. The average Bonchev–Trinajstić information content (AvgIpc) is 2.97. The maximum Gasteiger partial charge on any atom is 0.513 e. The molecular formula is C34H46O6. The van der Waals surface area contributed by atoms with E-state index in [1.54, 1.807) is 0 Å². The van der Waals surface area contributed by atoms with E-state index in [4.69, 9.17) is 18.9 Å². The van der Waals surface area contributed by atoms with Gasteiger partial charge in [-0.05, 0) is 42.9 Å². The minimum absolute atomic E-state index is 0.324. The van der Waals surface area contributed by atoms with Gasteiger partial charge in [-0.25, -0.2) is 9.59 Å². The number of aryl methyl sites for hydroxylation is 2. The second-order valence-corrected chi connectivity index (χ2v) is 10.3. The summed E-state index contributed by atoms with van der Waals surface area (Å²) in [5, 5.41) is 2.82. The van der Waals surface area contributed by atoms with E-state index in [1.807, 2.05) is 43.3 Å². The predicted molar refractivity (Wildman–Crippen MR) is 162 cm³/mol. The molecule has 0 unspecified atom stereocenters. The van der Waals surface area contributed by atoms with Crippen LogP contribution in [-0.2, 0) is 22.3 Å². The minimum atomic E-state index is -0.724. The average molecular weight is 551 g/mol. The molecule has 0 aromatic heterocycles. The summed E-state index contributed by atoms with van der Waals surface area (Å²) < 4.78 is 22.7. The molecule has 6 heteroatoms. The van der Waals surface area contributed by atoms with Gasteiger partial charge in [0.15, 0.2) is 5.75 Å². The standard InChI is InChI=1S/C34H46O6/c1-5-9-11-13-15-22-37-33(35)39-31-28-19-17-18-26(8-4)30(28)32(27-21-20-25(7-3)24-29(27)31)40-34(36)38-23-16-14-12-10-6-2/h17-21,24H,5-16,22-23H2,1-4H3. The molecule has 0 heterocycles. The van der Waals surface area contributed by atoms with Crippen molar-refractivity contribution in [3.63, 3.8) is 0 Å². The van der Waals surface area contributed by atoms with Crippen LogP contribution in [0.4, 0.5) is 9.59 Å². The van der Waals surface area contributed by atoms with Gasteiger partial charge >= 0.3 is 12.3 Å². The molecular weight excluding hydrogens is 504 g/mol. The molecule has 3 aromatic rings. The topological polar surface area (TPSA) is 71.1 Å². The summed E-state index contributed by atoms with van der Waals surface area (Å²) in [5.74, 6) is 0.848. The first-order chi connectivity index (χ1) is 19.5. The highest BCUT2D eigenvalue weighted by molar-refractivity contribution is 6.13. The van der Waals surface area contributed by atoms with Crippen molar-refractivity contribution in [2.45, 2.75) is 105 Å². The van der Waals surface area contributed by atoms with E-state index in [0.717, 1.165) is 61.5 Å². The van der Waals surface area contributed by atoms with Gasteiger partial charge in [0.25, 0.3) is 0 Å². The van der Waals surface area contributed by atoms with E-state index >= 15 is 0 Å². The molecule has 3 aromatic carbocycles. The third kappa shape index (κ3) is 8.61. The largest absolute Gasteiger partial charge is 0.513 e. The van der Waals surface area contributed by atoms with Gasteiger partial charge in [0.2, 0.25) is 0 Å². The number of fused-ring (bicyclic) bond motifs is 2. The Balaban J connectivity index is 1.94. The van der Waals surface area contributed by atoms with Crippen molar-refractivity contribution >= 4 is 33.9 Å². The van der Waals surface area contributed by atoms with Gasteiger partial charge < -0.3 is 18.9 Å². The molecule has 0 aliphatic carbocycles. The molecule has 0 fully saturated rings. The molecule has 0 N–H and O–H groups in total. The lowest BCUT2D eigenvalue weighted by Gasteiger charge is -2.18. The van der Waals surface area contributed by atoms with E-state index in [-0.39, 0.29) is 0 Å². The van der Waals surface area contributed by atoms with Crippen LogP contribution in [0.25, 0.3) is 21.5 Å². The number of carbonyl (C=O) groups excluding carboxylic acids is 2. The van der Waals surface area contributed by atoms with E-state index < -0.39 is 12.3 Å². The molecule has 0 atom stereocenters. The van der Waals surface area contributed by atoms with Crippen LogP contribution in [0.3, 0.4) is 0 Å². The molecule has 218 valence electrons. The SMILES string of the molecule is CCCCCCCOC(=O)Oc1c2cc(CC)ccc2c(OC(=O)OCCCCCCC)c2c(CC)cccc12. The van der Waals surface area contributed by atoms with Crippen molar-refractivity contribution in [1.29, 1.82) is 0 Å². The fourth-order valence-corrected chi connectivity index (χ4v) is 4.99. The van der Waals surface area contributed by atoms with E-state index in [1.165, 1.54) is 25.7 Å². The Bertz CT molecular complexity index is 1240. The van der Waals surface area contributed by atoms with E-state index in [9.17, 15) is 9.59 Å². The lowest BCUT2D eigenvalue weighted by atomic mass is 9.94. The van der Waals surface area contributed by atoms with Gasteiger partial charge in [0, 0.05) is 21.5 Å². The Kier molecular flexibility index (Phi) is 13.1. The third-order valence-corrected chi connectivity index (χ3v) is 7.29. The summed E-state index contributed by atoms with van der Waals surface area (Å²) in [7, 11) is 0. The van der Waals surface area contributed by atoms with Gasteiger partial charge in [-0.1, -0.05) is 109 Å². The zero-order chi connectivity index (χ0) is 28.7.